The van der Waals surface area contributed by atoms with E-state index in [0.29, 0.717) is 5.69 Å². The van der Waals surface area contributed by atoms with Crippen LogP contribution in [0.3, 0.4) is 0 Å². The van der Waals surface area contributed by atoms with Crippen molar-refractivity contribution in [3.63, 3.8) is 0 Å². The number of carbonyl (C=O) groups excluding carboxylic acids is 1. The number of aryl methyl sites for hydroxylation is 1. The lowest BCUT2D eigenvalue weighted by atomic mass is 10.2. The van der Waals surface area contributed by atoms with E-state index >= 15 is 0 Å². The van der Waals surface area contributed by atoms with Gasteiger partial charge in [0.2, 0.25) is 5.91 Å². The third-order valence-corrected chi connectivity index (χ3v) is 2.64. The fourth-order valence-corrected chi connectivity index (χ4v) is 1.70. The summed E-state index contributed by atoms with van der Waals surface area (Å²) in [7, 11) is 0. The van der Waals surface area contributed by atoms with Gasteiger partial charge in [-0.25, -0.2) is 4.68 Å². The molecule has 0 aliphatic rings. The molecule has 0 aliphatic carbocycles. The van der Waals surface area contributed by atoms with Crippen LogP contribution < -0.4 is 5.32 Å². The second kappa shape index (κ2) is 5.96. The summed E-state index contributed by atoms with van der Waals surface area (Å²) in [6.45, 7) is 1.89. The van der Waals surface area contributed by atoms with Crippen molar-refractivity contribution >= 4 is 17.6 Å². The fraction of sp³-hybridized carbons (Fsp3) is 0.231. The first-order valence-corrected chi connectivity index (χ1v) is 6.01. The minimum atomic E-state index is -0.985. The van der Waals surface area contributed by atoms with E-state index in [1.54, 1.807) is 0 Å². The highest BCUT2D eigenvalue weighted by atomic mass is 16.4. The Kier molecular flexibility index (Phi) is 4.09. The van der Waals surface area contributed by atoms with Crippen molar-refractivity contribution in [3.8, 4) is 0 Å². The molecule has 2 rings (SSSR count). The van der Waals surface area contributed by atoms with Gasteiger partial charge in [-0.1, -0.05) is 23.4 Å². The number of amides is 1. The zero-order valence-corrected chi connectivity index (χ0v) is 10.9. The highest BCUT2D eigenvalue weighted by Crippen LogP contribution is 2.12. The monoisotopic (exact) mass is 274 g/mol. The summed E-state index contributed by atoms with van der Waals surface area (Å²) < 4.78 is 1.31. The average Bonchev–Trinajstić information content (AvgIpc) is 2.78. The predicted octanol–water partition coefficient (Wildman–Crippen LogP) is 0.852. The van der Waals surface area contributed by atoms with Crippen LogP contribution in [0.5, 0.6) is 0 Å². The number of rotatable bonds is 5. The summed E-state index contributed by atoms with van der Waals surface area (Å²) in [5.74, 6) is -1.23. The van der Waals surface area contributed by atoms with E-state index in [1.165, 1.54) is 10.9 Å². The molecule has 20 heavy (non-hydrogen) atoms. The molecule has 0 radical (unpaired) electrons. The van der Waals surface area contributed by atoms with Gasteiger partial charge < -0.3 is 10.4 Å². The Morgan fingerprint density at radius 2 is 2.10 bits per heavy atom. The SMILES string of the molecule is Cc1ccccc1NC(=O)Cn1cc(CC(=O)O)nn1. The number of carbonyl (C=O) groups is 2. The Hall–Kier alpha value is -2.70. The first kappa shape index (κ1) is 13.7. The molecule has 0 saturated carbocycles. The zero-order valence-electron chi connectivity index (χ0n) is 10.9. The third-order valence-electron chi connectivity index (χ3n) is 2.64. The van der Waals surface area contributed by atoms with Crippen molar-refractivity contribution in [2.24, 2.45) is 0 Å². The molecule has 2 N–H and O–H groups in total. The Labute approximate surface area is 115 Å². The number of hydrogen-bond acceptors (Lipinski definition) is 4. The maximum absolute atomic E-state index is 11.8. The minimum Gasteiger partial charge on any atom is -0.481 e. The molecule has 7 nitrogen and oxygen atoms in total. The summed E-state index contributed by atoms with van der Waals surface area (Å²) in [4.78, 5) is 22.4. The van der Waals surface area contributed by atoms with Gasteiger partial charge in [-0.15, -0.1) is 5.10 Å². The lowest BCUT2D eigenvalue weighted by Gasteiger charge is -2.07. The number of carboxylic acid groups (broad SMARTS) is 1. The molecule has 1 aromatic carbocycles. The quantitative estimate of drug-likeness (QED) is 0.842. The van der Waals surface area contributed by atoms with Crippen LogP contribution in [0.2, 0.25) is 0 Å². The van der Waals surface area contributed by atoms with Gasteiger partial charge in [0.15, 0.2) is 0 Å². The van der Waals surface area contributed by atoms with Crippen molar-refractivity contribution in [1.82, 2.24) is 15.0 Å². The largest absolute Gasteiger partial charge is 0.481 e. The number of benzene rings is 1. The van der Waals surface area contributed by atoms with Crippen molar-refractivity contribution in [2.45, 2.75) is 19.9 Å². The van der Waals surface area contributed by atoms with Gasteiger partial charge >= 0.3 is 5.97 Å². The second-order valence-corrected chi connectivity index (χ2v) is 4.34. The van der Waals surface area contributed by atoms with Crippen LogP contribution in [-0.4, -0.2) is 32.0 Å². The van der Waals surface area contributed by atoms with E-state index in [4.69, 9.17) is 5.11 Å². The lowest BCUT2D eigenvalue weighted by molar-refractivity contribution is -0.136. The number of aromatic nitrogens is 3. The van der Waals surface area contributed by atoms with Crippen molar-refractivity contribution in [2.75, 3.05) is 5.32 Å². The zero-order chi connectivity index (χ0) is 14.5. The van der Waals surface area contributed by atoms with Crippen molar-refractivity contribution in [3.05, 3.63) is 41.7 Å². The molecule has 2 aromatic rings. The van der Waals surface area contributed by atoms with E-state index in [9.17, 15) is 9.59 Å². The van der Waals surface area contributed by atoms with Gasteiger partial charge in [0.1, 0.15) is 6.54 Å². The molecule has 0 saturated heterocycles. The van der Waals surface area contributed by atoms with Gasteiger partial charge in [-0.3, -0.25) is 9.59 Å². The first-order valence-electron chi connectivity index (χ1n) is 6.01. The van der Waals surface area contributed by atoms with E-state index < -0.39 is 5.97 Å². The standard InChI is InChI=1S/C13H14N4O3/c1-9-4-2-3-5-11(9)14-12(18)8-17-7-10(15-16-17)6-13(19)20/h2-5,7H,6,8H2,1H3,(H,14,18)(H,19,20). The van der Waals surface area contributed by atoms with Crippen LogP contribution in [0.15, 0.2) is 30.5 Å². The van der Waals surface area contributed by atoms with Gasteiger partial charge in [-0.2, -0.15) is 0 Å². The normalized spacial score (nSPS) is 10.2. The molecule has 7 heteroatoms. The molecule has 0 unspecified atom stereocenters. The summed E-state index contributed by atoms with van der Waals surface area (Å²) in [6.07, 6.45) is 1.24. The number of aliphatic carboxylic acids is 1. The molecule has 1 aromatic heterocycles. The van der Waals surface area contributed by atoms with Gasteiger partial charge in [-0.05, 0) is 18.6 Å². The van der Waals surface area contributed by atoms with E-state index in [1.807, 2.05) is 31.2 Å². The first-order chi connectivity index (χ1) is 9.54. The smallest absolute Gasteiger partial charge is 0.309 e. The number of anilines is 1. The van der Waals surface area contributed by atoms with Gasteiger partial charge in [0.25, 0.3) is 0 Å². The maximum Gasteiger partial charge on any atom is 0.309 e. The number of para-hydroxylation sites is 1. The van der Waals surface area contributed by atoms with Crippen LogP contribution in [0, 0.1) is 6.92 Å². The third kappa shape index (κ3) is 3.64. The summed E-state index contributed by atoms with van der Waals surface area (Å²) in [6, 6.07) is 7.43. The van der Waals surface area contributed by atoms with Gasteiger partial charge in [0, 0.05) is 11.9 Å². The van der Waals surface area contributed by atoms with Crippen LogP contribution in [0.25, 0.3) is 0 Å². The number of carboxylic acids is 1. The molecule has 0 aliphatic heterocycles. The van der Waals surface area contributed by atoms with Gasteiger partial charge in [0.05, 0.1) is 12.1 Å². The summed E-state index contributed by atoms with van der Waals surface area (Å²) in [5, 5.41) is 18.8. The summed E-state index contributed by atoms with van der Waals surface area (Å²) in [5.41, 5.74) is 2.02. The minimum absolute atomic E-state index is 0.0129. The topological polar surface area (TPSA) is 97.1 Å². The molecule has 0 fully saturated rings. The fourth-order valence-electron chi connectivity index (χ4n) is 1.70. The van der Waals surface area contributed by atoms with Crippen LogP contribution in [-0.2, 0) is 22.6 Å². The maximum atomic E-state index is 11.8. The van der Waals surface area contributed by atoms with Crippen molar-refractivity contribution in [1.29, 1.82) is 0 Å². The Balaban J connectivity index is 1.96. The van der Waals surface area contributed by atoms with E-state index in [2.05, 4.69) is 15.6 Å². The number of nitrogens with one attached hydrogen (secondary N) is 1. The molecular formula is C13H14N4O3. The van der Waals surface area contributed by atoms with Crippen LogP contribution in [0.4, 0.5) is 5.69 Å². The van der Waals surface area contributed by atoms with E-state index in [-0.39, 0.29) is 18.9 Å². The number of nitrogens with zero attached hydrogens (tertiary/aromatic N) is 3. The van der Waals surface area contributed by atoms with E-state index in [0.717, 1.165) is 11.3 Å². The lowest BCUT2D eigenvalue weighted by Crippen LogP contribution is -2.19. The molecule has 1 heterocycles. The Morgan fingerprint density at radius 1 is 1.35 bits per heavy atom. The average molecular weight is 274 g/mol. The Morgan fingerprint density at radius 3 is 2.80 bits per heavy atom. The Bertz CT molecular complexity index is 636. The molecule has 0 atom stereocenters. The predicted molar refractivity (Wildman–Crippen MR) is 71.2 cm³/mol. The van der Waals surface area contributed by atoms with Crippen LogP contribution in [0.1, 0.15) is 11.3 Å². The summed E-state index contributed by atoms with van der Waals surface area (Å²) >= 11 is 0. The molecular weight excluding hydrogens is 260 g/mol. The second-order valence-electron chi connectivity index (χ2n) is 4.34. The van der Waals surface area contributed by atoms with Crippen molar-refractivity contribution < 1.29 is 14.7 Å². The highest BCUT2D eigenvalue weighted by molar-refractivity contribution is 5.91. The molecule has 0 bridgehead atoms. The molecule has 1 amide bonds. The highest BCUT2D eigenvalue weighted by Gasteiger charge is 2.09. The van der Waals surface area contributed by atoms with Crippen LogP contribution >= 0.6 is 0 Å². The molecule has 0 spiro atoms. The number of hydrogen-bond donors (Lipinski definition) is 2. The molecule has 104 valence electrons.